The lowest BCUT2D eigenvalue weighted by Crippen LogP contribution is -2.43. The van der Waals surface area contributed by atoms with Crippen LogP contribution in [-0.2, 0) is 14.4 Å². The minimum atomic E-state index is -1.47. The summed E-state index contributed by atoms with van der Waals surface area (Å²) in [6, 6.07) is 0. The van der Waals surface area contributed by atoms with Gasteiger partial charge in [0.1, 0.15) is 5.41 Å². The van der Waals surface area contributed by atoms with Crippen molar-refractivity contribution in [1.82, 2.24) is 10.6 Å². The Morgan fingerprint density at radius 3 is 2.19 bits per heavy atom. The highest BCUT2D eigenvalue weighted by molar-refractivity contribution is 6.01. The average molecular weight is 230 g/mol. The van der Waals surface area contributed by atoms with Crippen LogP contribution in [0.4, 0.5) is 0 Å². The standard InChI is InChI=1S/C10H18N2O4/c1-4-11-7(13)5-6-12-8(14)10(2,3)9(15)16/h4-6H2,1-3H3,(H,11,13)(H,12,14)(H,15,16). The van der Waals surface area contributed by atoms with Gasteiger partial charge in [-0.2, -0.15) is 0 Å². The van der Waals surface area contributed by atoms with Crippen molar-refractivity contribution >= 4 is 17.8 Å². The summed E-state index contributed by atoms with van der Waals surface area (Å²) in [5.41, 5.74) is -1.47. The minimum absolute atomic E-state index is 0.140. The number of carbonyl (C=O) groups excluding carboxylic acids is 2. The van der Waals surface area contributed by atoms with Crippen LogP contribution in [0.2, 0.25) is 0 Å². The zero-order valence-electron chi connectivity index (χ0n) is 9.79. The maximum atomic E-state index is 11.4. The second-order valence-corrected chi connectivity index (χ2v) is 3.89. The molecule has 0 bridgehead atoms. The molecule has 92 valence electrons. The van der Waals surface area contributed by atoms with Gasteiger partial charge in [-0.15, -0.1) is 0 Å². The van der Waals surface area contributed by atoms with E-state index >= 15 is 0 Å². The topological polar surface area (TPSA) is 95.5 Å². The third-order valence-electron chi connectivity index (χ3n) is 2.11. The molecule has 0 unspecified atom stereocenters. The molecule has 3 N–H and O–H groups in total. The molecule has 0 aromatic carbocycles. The van der Waals surface area contributed by atoms with Crippen molar-refractivity contribution in [2.75, 3.05) is 13.1 Å². The van der Waals surface area contributed by atoms with Crippen molar-refractivity contribution in [3.05, 3.63) is 0 Å². The van der Waals surface area contributed by atoms with Gasteiger partial charge in [0, 0.05) is 19.5 Å². The van der Waals surface area contributed by atoms with E-state index < -0.39 is 17.3 Å². The Morgan fingerprint density at radius 2 is 1.75 bits per heavy atom. The Balaban J connectivity index is 4.00. The summed E-state index contributed by atoms with van der Waals surface area (Å²) in [6.07, 6.45) is 0.148. The third kappa shape index (κ3) is 4.29. The fraction of sp³-hybridized carbons (Fsp3) is 0.700. The maximum Gasteiger partial charge on any atom is 0.318 e. The Morgan fingerprint density at radius 1 is 1.19 bits per heavy atom. The molecule has 0 saturated carbocycles. The van der Waals surface area contributed by atoms with Crippen molar-refractivity contribution in [3.8, 4) is 0 Å². The van der Waals surface area contributed by atoms with Crippen LogP contribution in [0.3, 0.4) is 0 Å². The third-order valence-corrected chi connectivity index (χ3v) is 2.11. The number of nitrogens with one attached hydrogen (secondary N) is 2. The van der Waals surface area contributed by atoms with Crippen LogP contribution in [0.15, 0.2) is 0 Å². The van der Waals surface area contributed by atoms with Crippen LogP contribution in [0.1, 0.15) is 27.2 Å². The monoisotopic (exact) mass is 230 g/mol. The smallest absolute Gasteiger partial charge is 0.318 e. The number of hydrogen-bond donors (Lipinski definition) is 3. The highest BCUT2D eigenvalue weighted by Gasteiger charge is 2.35. The molecule has 0 rings (SSSR count). The van der Waals surface area contributed by atoms with E-state index in [1.165, 1.54) is 13.8 Å². The molecule has 16 heavy (non-hydrogen) atoms. The van der Waals surface area contributed by atoms with Gasteiger partial charge in [-0.3, -0.25) is 14.4 Å². The van der Waals surface area contributed by atoms with Gasteiger partial charge >= 0.3 is 5.97 Å². The van der Waals surface area contributed by atoms with E-state index in [9.17, 15) is 14.4 Å². The molecule has 0 radical (unpaired) electrons. The summed E-state index contributed by atoms with van der Waals surface area (Å²) in [5, 5.41) is 13.8. The number of carboxylic acids is 1. The van der Waals surface area contributed by atoms with E-state index in [1.54, 1.807) is 6.92 Å². The molecule has 0 atom stereocenters. The molecule has 6 nitrogen and oxygen atoms in total. The first-order valence-electron chi connectivity index (χ1n) is 5.10. The second-order valence-electron chi connectivity index (χ2n) is 3.89. The van der Waals surface area contributed by atoms with Gasteiger partial charge in [0.05, 0.1) is 0 Å². The average Bonchev–Trinajstić information content (AvgIpc) is 2.17. The van der Waals surface area contributed by atoms with Crippen LogP contribution in [-0.4, -0.2) is 36.0 Å². The minimum Gasteiger partial charge on any atom is -0.480 e. The number of hydrogen-bond acceptors (Lipinski definition) is 3. The summed E-state index contributed by atoms with van der Waals surface area (Å²) >= 11 is 0. The molecule has 6 heteroatoms. The van der Waals surface area contributed by atoms with Crippen LogP contribution < -0.4 is 10.6 Å². The first kappa shape index (κ1) is 14.4. The van der Waals surface area contributed by atoms with Gasteiger partial charge < -0.3 is 15.7 Å². The molecule has 0 heterocycles. The summed E-state index contributed by atoms with van der Waals surface area (Å²) in [6.45, 7) is 5.10. The molecular formula is C10H18N2O4. The van der Waals surface area contributed by atoms with Crippen LogP contribution in [0, 0.1) is 5.41 Å². The summed E-state index contributed by atoms with van der Waals surface area (Å²) in [4.78, 5) is 33.2. The largest absolute Gasteiger partial charge is 0.480 e. The highest BCUT2D eigenvalue weighted by atomic mass is 16.4. The van der Waals surface area contributed by atoms with Gasteiger partial charge in [0.2, 0.25) is 11.8 Å². The van der Waals surface area contributed by atoms with Crippen LogP contribution >= 0.6 is 0 Å². The van der Waals surface area contributed by atoms with Gasteiger partial charge in [-0.1, -0.05) is 0 Å². The molecule has 0 aromatic heterocycles. The predicted molar refractivity (Wildman–Crippen MR) is 57.7 cm³/mol. The van der Waals surface area contributed by atoms with Gasteiger partial charge in [-0.05, 0) is 20.8 Å². The second kappa shape index (κ2) is 6.09. The Bertz CT molecular complexity index is 287. The molecule has 0 aliphatic rings. The lowest BCUT2D eigenvalue weighted by Gasteiger charge is -2.18. The highest BCUT2D eigenvalue weighted by Crippen LogP contribution is 2.14. The number of rotatable bonds is 6. The molecule has 2 amide bonds. The fourth-order valence-corrected chi connectivity index (χ4v) is 0.893. The zero-order valence-corrected chi connectivity index (χ0v) is 9.79. The summed E-state index contributed by atoms with van der Waals surface area (Å²) in [7, 11) is 0. The van der Waals surface area contributed by atoms with E-state index in [2.05, 4.69) is 10.6 Å². The van der Waals surface area contributed by atoms with Crippen LogP contribution in [0.25, 0.3) is 0 Å². The fourth-order valence-electron chi connectivity index (χ4n) is 0.893. The Labute approximate surface area is 94.4 Å². The SMILES string of the molecule is CCNC(=O)CCNC(=O)C(C)(C)C(=O)O. The lowest BCUT2D eigenvalue weighted by atomic mass is 9.93. The van der Waals surface area contributed by atoms with Gasteiger partial charge in [0.25, 0.3) is 0 Å². The van der Waals surface area contributed by atoms with Gasteiger partial charge in [-0.25, -0.2) is 0 Å². The molecular weight excluding hydrogens is 212 g/mol. The first-order chi connectivity index (χ1) is 7.32. The molecule has 0 spiro atoms. The summed E-state index contributed by atoms with van der Waals surface area (Å²) in [5.74, 6) is -1.96. The number of aliphatic carboxylic acids is 1. The normalized spacial score (nSPS) is 10.7. The maximum absolute atomic E-state index is 11.4. The predicted octanol–water partition coefficient (Wildman–Crippen LogP) is -0.260. The Kier molecular flexibility index (Phi) is 5.49. The molecule has 0 aliphatic heterocycles. The van der Waals surface area contributed by atoms with E-state index in [0.717, 1.165) is 0 Å². The number of carbonyl (C=O) groups is 3. The number of amides is 2. The van der Waals surface area contributed by atoms with E-state index in [1.807, 2.05) is 0 Å². The van der Waals surface area contributed by atoms with E-state index in [4.69, 9.17) is 5.11 Å². The van der Waals surface area contributed by atoms with Crippen molar-refractivity contribution in [2.45, 2.75) is 27.2 Å². The number of carboxylic acid groups (broad SMARTS) is 1. The van der Waals surface area contributed by atoms with Crippen molar-refractivity contribution in [2.24, 2.45) is 5.41 Å². The van der Waals surface area contributed by atoms with E-state index in [0.29, 0.717) is 6.54 Å². The van der Waals surface area contributed by atoms with E-state index in [-0.39, 0.29) is 18.9 Å². The quantitative estimate of drug-likeness (QED) is 0.548. The lowest BCUT2D eigenvalue weighted by molar-refractivity contribution is -0.153. The Hall–Kier alpha value is -1.59. The van der Waals surface area contributed by atoms with Gasteiger partial charge in [0.15, 0.2) is 0 Å². The molecule has 0 aromatic rings. The van der Waals surface area contributed by atoms with Crippen molar-refractivity contribution < 1.29 is 19.5 Å². The van der Waals surface area contributed by atoms with Crippen molar-refractivity contribution in [3.63, 3.8) is 0 Å². The molecule has 0 saturated heterocycles. The van der Waals surface area contributed by atoms with Crippen LogP contribution in [0.5, 0.6) is 0 Å². The van der Waals surface area contributed by atoms with Crippen molar-refractivity contribution in [1.29, 1.82) is 0 Å². The molecule has 0 aliphatic carbocycles. The molecule has 0 fully saturated rings. The summed E-state index contributed by atoms with van der Waals surface area (Å²) < 4.78 is 0. The first-order valence-corrected chi connectivity index (χ1v) is 5.10. The zero-order chi connectivity index (χ0) is 12.8.